The highest BCUT2D eigenvalue weighted by molar-refractivity contribution is 5.75. The third kappa shape index (κ3) is 6.86. The third-order valence-electron chi connectivity index (χ3n) is 1.87. The van der Waals surface area contributed by atoms with E-state index in [9.17, 15) is 4.79 Å². The molecule has 4 nitrogen and oxygen atoms in total. The second kappa shape index (κ2) is 6.79. The van der Waals surface area contributed by atoms with Crippen LogP contribution in [-0.4, -0.2) is 37.4 Å². The van der Waals surface area contributed by atoms with Gasteiger partial charge < -0.3 is 15.2 Å². The van der Waals surface area contributed by atoms with E-state index >= 15 is 0 Å². The summed E-state index contributed by atoms with van der Waals surface area (Å²) in [5, 5.41) is 11.7. The number of hydrogen-bond acceptors (Lipinski definition) is 3. The Bertz CT molecular complexity index is 169. The van der Waals surface area contributed by atoms with Gasteiger partial charge >= 0.3 is 0 Å². The number of rotatable bonds is 7. The van der Waals surface area contributed by atoms with E-state index < -0.39 is 0 Å². The van der Waals surface area contributed by atoms with Crippen LogP contribution in [0.25, 0.3) is 0 Å². The Labute approximate surface area is 85.6 Å². The number of ether oxygens (including phenoxy) is 1. The molecule has 2 N–H and O–H groups in total. The predicted molar refractivity (Wildman–Crippen MR) is 55.0 cm³/mol. The Morgan fingerprint density at radius 1 is 1.50 bits per heavy atom. The van der Waals surface area contributed by atoms with Gasteiger partial charge in [0.1, 0.15) is 0 Å². The Hall–Kier alpha value is -0.610. The minimum atomic E-state index is -0.249. The maximum absolute atomic E-state index is 11.2. The number of aliphatic hydroxyl groups is 1. The Morgan fingerprint density at radius 2 is 2.14 bits per heavy atom. The molecule has 0 atom stereocenters. The highest BCUT2D eigenvalue weighted by Gasteiger charge is 2.16. The molecular weight excluding hydrogens is 182 g/mol. The lowest BCUT2D eigenvalue weighted by Gasteiger charge is -2.21. The Kier molecular flexibility index (Phi) is 6.49. The fourth-order valence-corrected chi connectivity index (χ4v) is 0.791. The number of carbonyl (C=O) groups is 1. The fourth-order valence-electron chi connectivity index (χ4n) is 0.791. The van der Waals surface area contributed by atoms with Gasteiger partial charge in [-0.15, -0.1) is 0 Å². The first-order valence-electron chi connectivity index (χ1n) is 4.97. The molecule has 0 radical (unpaired) electrons. The van der Waals surface area contributed by atoms with Gasteiger partial charge in [0.25, 0.3) is 0 Å². The van der Waals surface area contributed by atoms with Crippen molar-refractivity contribution in [1.82, 2.24) is 5.32 Å². The van der Waals surface area contributed by atoms with Crippen molar-refractivity contribution < 1.29 is 14.6 Å². The minimum Gasteiger partial charge on any atom is -0.396 e. The molecular formula is C10H21NO3. The molecule has 0 heterocycles. The van der Waals surface area contributed by atoms with E-state index in [0.29, 0.717) is 26.2 Å². The lowest BCUT2D eigenvalue weighted by Crippen LogP contribution is -2.36. The molecule has 0 aliphatic heterocycles. The molecule has 0 aromatic rings. The molecule has 0 aliphatic rings. The van der Waals surface area contributed by atoms with Crippen LogP contribution in [0, 0.1) is 5.41 Å². The molecule has 0 aliphatic carbocycles. The van der Waals surface area contributed by atoms with Crippen molar-refractivity contribution >= 4 is 5.91 Å². The fraction of sp³-hybridized carbons (Fsp3) is 0.900. The first-order chi connectivity index (χ1) is 6.52. The summed E-state index contributed by atoms with van der Waals surface area (Å²) >= 11 is 0. The predicted octanol–water partition coefficient (Wildman–Crippen LogP) is 0.548. The van der Waals surface area contributed by atoms with Gasteiger partial charge in [-0.1, -0.05) is 13.8 Å². The van der Waals surface area contributed by atoms with Gasteiger partial charge in [-0.2, -0.15) is 0 Å². The lowest BCUT2D eigenvalue weighted by molar-refractivity contribution is -0.122. The first kappa shape index (κ1) is 13.4. The topological polar surface area (TPSA) is 58.6 Å². The van der Waals surface area contributed by atoms with Crippen molar-refractivity contribution in [3.63, 3.8) is 0 Å². The van der Waals surface area contributed by atoms with Gasteiger partial charge in [-0.3, -0.25) is 4.79 Å². The van der Waals surface area contributed by atoms with Gasteiger partial charge in [0.2, 0.25) is 5.91 Å². The van der Waals surface area contributed by atoms with E-state index in [2.05, 4.69) is 5.32 Å². The molecule has 1 amide bonds. The van der Waals surface area contributed by atoms with Crippen LogP contribution in [0.5, 0.6) is 0 Å². The summed E-state index contributed by atoms with van der Waals surface area (Å²) in [4.78, 5) is 11.2. The first-order valence-corrected chi connectivity index (χ1v) is 4.97. The van der Waals surface area contributed by atoms with Crippen molar-refractivity contribution in [3.8, 4) is 0 Å². The lowest BCUT2D eigenvalue weighted by atomic mass is 9.95. The van der Waals surface area contributed by atoms with Crippen molar-refractivity contribution in [3.05, 3.63) is 0 Å². The molecule has 0 saturated heterocycles. The highest BCUT2D eigenvalue weighted by Crippen LogP contribution is 2.10. The molecule has 0 rings (SSSR count). The molecule has 4 heteroatoms. The number of aliphatic hydroxyl groups excluding tert-OH is 1. The zero-order valence-electron chi connectivity index (χ0n) is 9.30. The second-order valence-electron chi connectivity index (χ2n) is 4.05. The third-order valence-corrected chi connectivity index (χ3v) is 1.87. The van der Waals surface area contributed by atoms with Crippen LogP contribution >= 0.6 is 0 Å². The number of hydrogen-bond donors (Lipinski definition) is 2. The quantitative estimate of drug-likeness (QED) is 0.594. The molecule has 84 valence electrons. The highest BCUT2D eigenvalue weighted by atomic mass is 16.5. The van der Waals surface area contributed by atoms with Gasteiger partial charge in [0, 0.05) is 31.6 Å². The summed E-state index contributed by atoms with van der Waals surface area (Å²) in [5.41, 5.74) is -0.249. The van der Waals surface area contributed by atoms with E-state index in [1.807, 2.05) is 20.8 Å². The van der Waals surface area contributed by atoms with Crippen LogP contribution in [0.4, 0.5) is 0 Å². The number of carbonyl (C=O) groups excluding carboxylic acids is 1. The molecule has 0 fully saturated rings. The van der Waals surface area contributed by atoms with E-state index in [4.69, 9.17) is 9.84 Å². The Balaban J connectivity index is 3.53. The average Bonchev–Trinajstić information content (AvgIpc) is 2.16. The van der Waals surface area contributed by atoms with Crippen LogP contribution in [0.3, 0.4) is 0 Å². The summed E-state index contributed by atoms with van der Waals surface area (Å²) < 4.78 is 5.05. The zero-order valence-corrected chi connectivity index (χ0v) is 9.30. The molecule has 0 saturated carbocycles. The van der Waals surface area contributed by atoms with Crippen LogP contribution in [0.15, 0.2) is 0 Å². The molecule has 14 heavy (non-hydrogen) atoms. The second-order valence-corrected chi connectivity index (χ2v) is 4.05. The molecule has 0 unspecified atom stereocenters. The van der Waals surface area contributed by atoms with Crippen LogP contribution in [0.2, 0.25) is 0 Å². The maximum Gasteiger partial charge on any atom is 0.222 e. The van der Waals surface area contributed by atoms with E-state index in [0.717, 1.165) is 0 Å². The minimum absolute atomic E-state index is 0.0278. The Morgan fingerprint density at radius 3 is 2.64 bits per heavy atom. The smallest absolute Gasteiger partial charge is 0.222 e. The van der Waals surface area contributed by atoms with E-state index in [-0.39, 0.29) is 17.9 Å². The largest absolute Gasteiger partial charge is 0.396 e. The zero-order chi connectivity index (χ0) is 11.0. The number of nitrogens with one attached hydrogen (secondary N) is 1. The van der Waals surface area contributed by atoms with Gasteiger partial charge in [-0.05, 0) is 6.92 Å². The summed E-state index contributed by atoms with van der Waals surface area (Å²) in [6, 6.07) is 0. The standard InChI is InChI=1S/C10H21NO3/c1-4-14-6-5-9(13)11-7-10(2,3)8-12/h12H,4-8H2,1-3H3,(H,11,13). The van der Waals surface area contributed by atoms with Crippen LogP contribution in [0.1, 0.15) is 27.2 Å². The monoisotopic (exact) mass is 203 g/mol. The van der Waals surface area contributed by atoms with Gasteiger partial charge in [-0.25, -0.2) is 0 Å². The maximum atomic E-state index is 11.2. The SMILES string of the molecule is CCOCCC(=O)NCC(C)(C)CO. The van der Waals surface area contributed by atoms with E-state index in [1.54, 1.807) is 0 Å². The average molecular weight is 203 g/mol. The summed E-state index contributed by atoms with van der Waals surface area (Å²) in [7, 11) is 0. The van der Waals surface area contributed by atoms with Crippen LogP contribution in [-0.2, 0) is 9.53 Å². The van der Waals surface area contributed by atoms with Crippen molar-refractivity contribution in [1.29, 1.82) is 0 Å². The molecule has 0 aromatic carbocycles. The molecule has 0 bridgehead atoms. The normalized spacial score (nSPS) is 11.4. The van der Waals surface area contributed by atoms with Crippen molar-refractivity contribution in [2.75, 3.05) is 26.4 Å². The molecule has 0 aromatic heterocycles. The summed E-state index contributed by atoms with van der Waals surface area (Å²) in [6.45, 7) is 7.35. The van der Waals surface area contributed by atoms with Gasteiger partial charge in [0.05, 0.1) is 6.61 Å². The van der Waals surface area contributed by atoms with Crippen molar-refractivity contribution in [2.45, 2.75) is 27.2 Å². The van der Waals surface area contributed by atoms with Crippen molar-refractivity contribution in [2.24, 2.45) is 5.41 Å². The number of amides is 1. The summed E-state index contributed by atoms with van der Waals surface area (Å²) in [5.74, 6) is -0.0278. The van der Waals surface area contributed by atoms with E-state index in [1.165, 1.54) is 0 Å². The summed E-state index contributed by atoms with van der Waals surface area (Å²) in [6.07, 6.45) is 0.384. The molecule has 0 spiro atoms. The van der Waals surface area contributed by atoms with Crippen LogP contribution < -0.4 is 5.32 Å². The van der Waals surface area contributed by atoms with Gasteiger partial charge in [0.15, 0.2) is 0 Å².